The second-order valence-corrected chi connectivity index (χ2v) is 11.2. The third-order valence-corrected chi connectivity index (χ3v) is 8.17. The van der Waals surface area contributed by atoms with Crippen LogP contribution in [0.25, 0.3) is 16.8 Å². The Morgan fingerprint density at radius 2 is 1.78 bits per heavy atom. The maximum atomic E-state index is 14.1. The summed E-state index contributed by atoms with van der Waals surface area (Å²) in [6.07, 6.45) is 1.90. The smallest absolute Gasteiger partial charge is 0.338 e. The molecular formula is C33H34N2O5S. The zero-order valence-electron chi connectivity index (χ0n) is 24.0. The first kappa shape index (κ1) is 28.5. The molecule has 0 saturated heterocycles. The van der Waals surface area contributed by atoms with Gasteiger partial charge in [-0.25, -0.2) is 9.79 Å². The topological polar surface area (TPSA) is 79.1 Å². The maximum Gasteiger partial charge on any atom is 0.338 e. The van der Waals surface area contributed by atoms with Crippen LogP contribution in [0.15, 0.2) is 81.7 Å². The van der Waals surface area contributed by atoms with Crippen LogP contribution in [0.1, 0.15) is 56.3 Å². The number of ether oxygens (including phenoxy) is 3. The van der Waals surface area contributed by atoms with Crippen molar-refractivity contribution < 1.29 is 19.0 Å². The molecule has 1 unspecified atom stereocenters. The summed E-state index contributed by atoms with van der Waals surface area (Å²) in [7, 11) is 1.55. The quantitative estimate of drug-likeness (QED) is 0.207. The number of thiazole rings is 1. The summed E-state index contributed by atoms with van der Waals surface area (Å²) >= 11 is 1.32. The first-order valence-corrected chi connectivity index (χ1v) is 14.6. The van der Waals surface area contributed by atoms with Crippen LogP contribution in [0.4, 0.5) is 0 Å². The van der Waals surface area contributed by atoms with Crippen LogP contribution in [-0.2, 0) is 14.3 Å². The number of benzene rings is 3. The lowest BCUT2D eigenvalue weighted by Crippen LogP contribution is -2.40. The Morgan fingerprint density at radius 1 is 1.05 bits per heavy atom. The number of allylic oxidation sites excluding steroid dienone is 1. The zero-order chi connectivity index (χ0) is 29.1. The molecule has 0 amide bonds. The summed E-state index contributed by atoms with van der Waals surface area (Å²) in [6.45, 7) is 8.97. The Hall–Kier alpha value is -4.01. The highest BCUT2D eigenvalue weighted by atomic mass is 32.1. The monoisotopic (exact) mass is 570 g/mol. The number of hydrogen-bond acceptors (Lipinski definition) is 7. The van der Waals surface area contributed by atoms with Crippen LogP contribution in [0.3, 0.4) is 0 Å². The normalized spacial score (nSPS) is 15.3. The van der Waals surface area contributed by atoms with Gasteiger partial charge in [-0.05, 0) is 54.0 Å². The fourth-order valence-electron chi connectivity index (χ4n) is 5.10. The van der Waals surface area contributed by atoms with E-state index in [-0.39, 0.29) is 18.8 Å². The summed E-state index contributed by atoms with van der Waals surface area (Å²) in [6, 6.07) is 19.3. The van der Waals surface area contributed by atoms with Gasteiger partial charge < -0.3 is 14.2 Å². The number of nitrogens with zero attached hydrogens (tertiary/aromatic N) is 2. The number of esters is 1. The SMILES string of the molecule is CCOc1ccc(C=c2sc3n(c2=O)C(c2ccc(C(C)C)cc2)C(C(=O)OCCOC)=C(C)N=3)c2ccccc12. The van der Waals surface area contributed by atoms with E-state index in [4.69, 9.17) is 19.2 Å². The van der Waals surface area contributed by atoms with Crippen LogP contribution in [0.5, 0.6) is 5.75 Å². The van der Waals surface area contributed by atoms with Crippen LogP contribution >= 0.6 is 11.3 Å². The predicted molar refractivity (Wildman–Crippen MR) is 162 cm³/mol. The Morgan fingerprint density at radius 3 is 2.46 bits per heavy atom. The van der Waals surface area contributed by atoms with Crippen molar-refractivity contribution in [2.75, 3.05) is 26.9 Å². The standard InChI is InChI=1S/C33H34N2O5S/c1-6-39-27-16-15-24(25-9-7-8-10-26(25)27)19-28-31(36)35-30(23-13-11-22(12-14-23)20(2)3)29(21(4)34-33(35)41-28)32(37)40-18-17-38-5/h7-16,19-20,30H,6,17-18H2,1-5H3. The van der Waals surface area contributed by atoms with Gasteiger partial charge in [0.2, 0.25) is 0 Å². The maximum absolute atomic E-state index is 14.1. The van der Waals surface area contributed by atoms with Gasteiger partial charge in [0.05, 0.1) is 35.1 Å². The molecule has 1 atom stereocenters. The molecule has 41 heavy (non-hydrogen) atoms. The highest BCUT2D eigenvalue weighted by Gasteiger charge is 2.33. The van der Waals surface area contributed by atoms with Gasteiger partial charge in [0.25, 0.3) is 5.56 Å². The largest absolute Gasteiger partial charge is 0.493 e. The van der Waals surface area contributed by atoms with Crippen molar-refractivity contribution in [3.63, 3.8) is 0 Å². The van der Waals surface area contributed by atoms with E-state index in [0.29, 0.717) is 33.1 Å². The van der Waals surface area contributed by atoms with Crippen LogP contribution in [0.2, 0.25) is 0 Å². The molecule has 4 aromatic rings. The van der Waals surface area contributed by atoms with Crippen molar-refractivity contribution in [1.82, 2.24) is 4.57 Å². The fraction of sp³-hybridized carbons (Fsp3) is 0.303. The summed E-state index contributed by atoms with van der Waals surface area (Å²) in [5, 5.41) is 1.97. The number of rotatable bonds is 9. The summed E-state index contributed by atoms with van der Waals surface area (Å²) in [5.74, 6) is 0.651. The average Bonchev–Trinajstić information content (AvgIpc) is 3.27. The van der Waals surface area contributed by atoms with Gasteiger partial charge in [-0.2, -0.15) is 0 Å². The van der Waals surface area contributed by atoms with Gasteiger partial charge >= 0.3 is 5.97 Å². The average molecular weight is 571 g/mol. The Balaban J connectivity index is 1.68. The second kappa shape index (κ2) is 12.2. The Kier molecular flexibility index (Phi) is 8.52. The first-order chi connectivity index (χ1) is 19.8. The molecule has 0 saturated carbocycles. The molecule has 0 aliphatic carbocycles. The van der Waals surface area contributed by atoms with E-state index < -0.39 is 12.0 Å². The molecule has 5 rings (SSSR count). The molecule has 1 aliphatic heterocycles. The van der Waals surface area contributed by atoms with Gasteiger partial charge in [0.1, 0.15) is 12.4 Å². The molecule has 1 aliphatic rings. The van der Waals surface area contributed by atoms with E-state index in [0.717, 1.165) is 27.6 Å². The van der Waals surface area contributed by atoms with Crippen molar-refractivity contribution >= 4 is 34.2 Å². The molecule has 2 heterocycles. The summed E-state index contributed by atoms with van der Waals surface area (Å²) in [5.41, 5.74) is 3.57. The molecular weight excluding hydrogens is 536 g/mol. The molecule has 0 spiro atoms. The molecule has 0 bridgehead atoms. The van der Waals surface area contributed by atoms with E-state index in [1.165, 1.54) is 16.9 Å². The minimum absolute atomic E-state index is 0.111. The van der Waals surface area contributed by atoms with Gasteiger partial charge in [-0.1, -0.05) is 79.8 Å². The second-order valence-electron chi connectivity index (χ2n) is 10.2. The Bertz CT molecular complexity index is 1800. The summed E-state index contributed by atoms with van der Waals surface area (Å²) in [4.78, 5) is 32.7. The van der Waals surface area contributed by atoms with Crippen molar-refractivity contribution in [1.29, 1.82) is 0 Å². The van der Waals surface area contributed by atoms with Crippen LogP contribution in [-0.4, -0.2) is 37.5 Å². The minimum atomic E-state index is -0.665. The van der Waals surface area contributed by atoms with E-state index in [9.17, 15) is 9.59 Å². The fourth-order valence-corrected chi connectivity index (χ4v) is 6.14. The molecule has 212 valence electrons. The number of methoxy groups -OCH3 is 1. The third kappa shape index (κ3) is 5.62. The van der Waals surface area contributed by atoms with Crippen molar-refractivity contribution in [3.05, 3.63) is 108 Å². The lowest BCUT2D eigenvalue weighted by atomic mass is 9.93. The van der Waals surface area contributed by atoms with Crippen molar-refractivity contribution in [2.45, 2.75) is 39.7 Å². The van der Waals surface area contributed by atoms with E-state index in [2.05, 4.69) is 13.8 Å². The Labute approximate surface area is 243 Å². The number of fused-ring (bicyclic) bond motifs is 2. The number of aromatic nitrogens is 1. The van der Waals surface area contributed by atoms with Gasteiger partial charge in [-0.15, -0.1) is 0 Å². The van der Waals surface area contributed by atoms with E-state index in [1.54, 1.807) is 18.6 Å². The van der Waals surface area contributed by atoms with Crippen molar-refractivity contribution in [3.8, 4) is 5.75 Å². The number of carbonyl (C=O) groups is 1. The zero-order valence-corrected chi connectivity index (χ0v) is 24.8. The third-order valence-electron chi connectivity index (χ3n) is 7.19. The highest BCUT2D eigenvalue weighted by molar-refractivity contribution is 7.07. The van der Waals surface area contributed by atoms with Gasteiger partial charge in [0, 0.05) is 12.5 Å². The number of carbonyl (C=O) groups excluding carboxylic acids is 1. The highest BCUT2D eigenvalue weighted by Crippen LogP contribution is 2.32. The molecule has 0 N–H and O–H groups in total. The first-order valence-electron chi connectivity index (χ1n) is 13.8. The molecule has 7 nitrogen and oxygen atoms in total. The predicted octanol–water partition coefficient (Wildman–Crippen LogP) is 5.10. The summed E-state index contributed by atoms with van der Waals surface area (Å²) < 4.78 is 18.6. The van der Waals surface area contributed by atoms with E-state index >= 15 is 0 Å². The molecule has 0 fully saturated rings. The van der Waals surface area contributed by atoms with Crippen LogP contribution < -0.4 is 19.6 Å². The van der Waals surface area contributed by atoms with Gasteiger partial charge in [-0.3, -0.25) is 9.36 Å². The molecule has 8 heteroatoms. The molecule has 0 radical (unpaired) electrons. The number of hydrogen-bond donors (Lipinski definition) is 0. The lowest BCUT2D eigenvalue weighted by Gasteiger charge is -2.25. The van der Waals surface area contributed by atoms with E-state index in [1.807, 2.05) is 73.7 Å². The van der Waals surface area contributed by atoms with Crippen molar-refractivity contribution in [2.24, 2.45) is 4.99 Å². The molecule has 1 aromatic heterocycles. The lowest BCUT2D eigenvalue weighted by molar-refractivity contribution is -0.140. The van der Waals surface area contributed by atoms with Crippen LogP contribution in [0, 0.1) is 0 Å². The van der Waals surface area contributed by atoms with Gasteiger partial charge in [0.15, 0.2) is 4.80 Å². The molecule has 3 aromatic carbocycles. The minimum Gasteiger partial charge on any atom is -0.493 e.